The van der Waals surface area contributed by atoms with Crippen molar-refractivity contribution < 1.29 is 4.79 Å². The molecule has 0 aromatic carbocycles. The first kappa shape index (κ1) is 9.32. The molecule has 0 spiro atoms. The minimum absolute atomic E-state index is 0.189. The van der Waals surface area contributed by atoms with Crippen LogP contribution in [0.5, 0.6) is 0 Å². The Balaban J connectivity index is 2.75. The Morgan fingerprint density at radius 1 is 1.67 bits per heavy atom. The largest absolute Gasteiger partial charge is 0.299 e. The number of halogens is 1. The van der Waals surface area contributed by atoms with Gasteiger partial charge >= 0.3 is 0 Å². The van der Waals surface area contributed by atoms with Crippen molar-refractivity contribution in [2.24, 2.45) is 0 Å². The number of carbonyl (C=O) groups excluding carboxylic acids is 1. The van der Waals surface area contributed by atoms with E-state index in [0.29, 0.717) is 12.8 Å². The average Bonchev–Trinajstić information content (AvgIpc) is 2.09. The van der Waals surface area contributed by atoms with Crippen LogP contribution in [0.1, 0.15) is 19.0 Å². The molecule has 64 valence electrons. The fourth-order valence-corrected chi connectivity index (χ4v) is 1.14. The molecule has 1 rings (SSSR count). The lowest BCUT2D eigenvalue weighted by Gasteiger charge is -1.99. The Morgan fingerprint density at radius 3 is 3.00 bits per heavy atom. The minimum atomic E-state index is 0.189. The number of hydrogen-bond acceptors (Lipinski definition) is 3. The van der Waals surface area contributed by atoms with Gasteiger partial charge in [0.05, 0.1) is 10.2 Å². The summed E-state index contributed by atoms with van der Waals surface area (Å²) in [5.41, 5.74) is 0.761. The second kappa shape index (κ2) is 4.30. The highest BCUT2D eigenvalue weighted by molar-refractivity contribution is 9.10. The lowest BCUT2D eigenvalue weighted by atomic mass is 10.2. The highest BCUT2D eigenvalue weighted by Gasteiger charge is 2.05. The first-order valence-corrected chi connectivity index (χ1v) is 4.49. The van der Waals surface area contributed by atoms with Crippen LogP contribution in [0.2, 0.25) is 0 Å². The molecule has 0 bridgehead atoms. The SMILES string of the molecule is CCC(=O)Cc1ncncc1Br. The summed E-state index contributed by atoms with van der Waals surface area (Å²) in [6.07, 6.45) is 4.03. The molecule has 0 saturated heterocycles. The Kier molecular flexibility index (Phi) is 3.34. The lowest BCUT2D eigenvalue weighted by molar-refractivity contribution is -0.118. The molecule has 0 aliphatic heterocycles. The minimum Gasteiger partial charge on any atom is -0.299 e. The molecule has 12 heavy (non-hydrogen) atoms. The van der Waals surface area contributed by atoms with Crippen LogP contribution in [0, 0.1) is 0 Å². The third-order valence-electron chi connectivity index (χ3n) is 1.50. The Morgan fingerprint density at radius 2 is 2.42 bits per heavy atom. The first-order chi connectivity index (χ1) is 5.74. The van der Waals surface area contributed by atoms with E-state index in [2.05, 4.69) is 25.9 Å². The Hall–Kier alpha value is -0.770. The van der Waals surface area contributed by atoms with Gasteiger partial charge in [0.1, 0.15) is 12.1 Å². The fraction of sp³-hybridized carbons (Fsp3) is 0.375. The second-order valence-corrected chi connectivity index (χ2v) is 3.24. The molecule has 0 atom stereocenters. The molecule has 0 amide bonds. The van der Waals surface area contributed by atoms with Gasteiger partial charge in [-0.15, -0.1) is 0 Å². The Bertz CT molecular complexity index is 288. The molecule has 4 heteroatoms. The maximum absolute atomic E-state index is 11.1. The van der Waals surface area contributed by atoms with Gasteiger partial charge in [-0.05, 0) is 15.9 Å². The average molecular weight is 229 g/mol. The van der Waals surface area contributed by atoms with Crippen molar-refractivity contribution in [2.75, 3.05) is 0 Å². The number of ketones is 1. The van der Waals surface area contributed by atoms with Crippen molar-refractivity contribution in [2.45, 2.75) is 19.8 Å². The van der Waals surface area contributed by atoms with Crippen LogP contribution in [0.4, 0.5) is 0 Å². The normalized spacial score (nSPS) is 9.83. The quantitative estimate of drug-likeness (QED) is 0.793. The van der Waals surface area contributed by atoms with Gasteiger partial charge in [0, 0.05) is 19.0 Å². The highest BCUT2D eigenvalue weighted by atomic mass is 79.9. The number of rotatable bonds is 3. The van der Waals surface area contributed by atoms with Gasteiger partial charge < -0.3 is 0 Å². The number of carbonyl (C=O) groups is 1. The van der Waals surface area contributed by atoms with E-state index in [-0.39, 0.29) is 5.78 Å². The van der Waals surface area contributed by atoms with Gasteiger partial charge in [-0.1, -0.05) is 6.92 Å². The molecule has 1 aromatic rings. The summed E-state index contributed by atoms with van der Waals surface area (Å²) in [5, 5.41) is 0. The highest BCUT2D eigenvalue weighted by Crippen LogP contribution is 2.12. The van der Waals surface area contributed by atoms with Crippen molar-refractivity contribution >= 4 is 21.7 Å². The zero-order valence-corrected chi connectivity index (χ0v) is 8.34. The van der Waals surface area contributed by atoms with E-state index in [9.17, 15) is 4.79 Å². The summed E-state index contributed by atoms with van der Waals surface area (Å²) in [5.74, 6) is 0.189. The Labute approximate surface area is 79.4 Å². The third kappa shape index (κ3) is 2.37. The summed E-state index contributed by atoms with van der Waals surface area (Å²) < 4.78 is 0.798. The van der Waals surface area contributed by atoms with Gasteiger partial charge in [-0.3, -0.25) is 4.79 Å². The summed E-state index contributed by atoms with van der Waals surface area (Å²) in [4.78, 5) is 18.8. The summed E-state index contributed by atoms with van der Waals surface area (Å²) >= 11 is 3.28. The van der Waals surface area contributed by atoms with Crippen LogP contribution in [0.15, 0.2) is 17.0 Å². The zero-order valence-electron chi connectivity index (χ0n) is 6.75. The third-order valence-corrected chi connectivity index (χ3v) is 2.17. The van der Waals surface area contributed by atoms with Crippen molar-refractivity contribution in [3.63, 3.8) is 0 Å². The first-order valence-electron chi connectivity index (χ1n) is 3.70. The molecule has 0 radical (unpaired) electrons. The van der Waals surface area contributed by atoms with Crippen LogP contribution in [0.25, 0.3) is 0 Å². The summed E-state index contributed by atoms with van der Waals surface area (Å²) in [7, 11) is 0. The molecule has 0 aliphatic carbocycles. The van der Waals surface area contributed by atoms with E-state index in [1.165, 1.54) is 6.33 Å². The standard InChI is InChI=1S/C8H9BrN2O/c1-2-6(12)3-8-7(9)4-10-5-11-8/h4-5H,2-3H2,1H3. The van der Waals surface area contributed by atoms with Gasteiger partial charge in [-0.25, -0.2) is 9.97 Å². The molecule has 0 N–H and O–H groups in total. The molecule has 0 aliphatic rings. The second-order valence-electron chi connectivity index (χ2n) is 2.39. The predicted molar refractivity (Wildman–Crippen MR) is 48.7 cm³/mol. The number of hydrogen-bond donors (Lipinski definition) is 0. The molecule has 1 aromatic heterocycles. The van der Waals surface area contributed by atoms with Crippen molar-refractivity contribution in [3.8, 4) is 0 Å². The summed E-state index contributed by atoms with van der Waals surface area (Å²) in [6.45, 7) is 1.84. The zero-order chi connectivity index (χ0) is 8.97. The molecular formula is C8H9BrN2O. The van der Waals surface area contributed by atoms with Gasteiger partial charge in [0.15, 0.2) is 0 Å². The maximum atomic E-state index is 11.1. The van der Waals surface area contributed by atoms with Crippen LogP contribution >= 0.6 is 15.9 Å². The monoisotopic (exact) mass is 228 g/mol. The number of aromatic nitrogens is 2. The van der Waals surface area contributed by atoms with Crippen LogP contribution in [0.3, 0.4) is 0 Å². The van der Waals surface area contributed by atoms with E-state index >= 15 is 0 Å². The van der Waals surface area contributed by atoms with Crippen LogP contribution < -0.4 is 0 Å². The van der Waals surface area contributed by atoms with E-state index in [0.717, 1.165) is 10.2 Å². The van der Waals surface area contributed by atoms with E-state index in [4.69, 9.17) is 0 Å². The van der Waals surface area contributed by atoms with E-state index in [1.807, 2.05) is 6.92 Å². The molecule has 1 heterocycles. The van der Waals surface area contributed by atoms with Crippen LogP contribution in [-0.2, 0) is 11.2 Å². The number of Topliss-reactive ketones (excluding diaryl/α,β-unsaturated/α-hetero) is 1. The van der Waals surface area contributed by atoms with Crippen molar-refractivity contribution in [3.05, 3.63) is 22.7 Å². The summed E-state index contributed by atoms with van der Waals surface area (Å²) in [6, 6.07) is 0. The molecule has 0 fully saturated rings. The van der Waals surface area contributed by atoms with Crippen molar-refractivity contribution in [1.29, 1.82) is 0 Å². The van der Waals surface area contributed by atoms with Crippen LogP contribution in [-0.4, -0.2) is 15.8 Å². The van der Waals surface area contributed by atoms with Gasteiger partial charge in [-0.2, -0.15) is 0 Å². The lowest BCUT2D eigenvalue weighted by Crippen LogP contribution is -2.03. The molecular weight excluding hydrogens is 220 g/mol. The maximum Gasteiger partial charge on any atom is 0.138 e. The smallest absolute Gasteiger partial charge is 0.138 e. The molecule has 0 unspecified atom stereocenters. The van der Waals surface area contributed by atoms with E-state index in [1.54, 1.807) is 6.20 Å². The van der Waals surface area contributed by atoms with Gasteiger partial charge in [0.2, 0.25) is 0 Å². The molecule has 3 nitrogen and oxygen atoms in total. The van der Waals surface area contributed by atoms with E-state index < -0.39 is 0 Å². The predicted octanol–water partition coefficient (Wildman–Crippen LogP) is 1.76. The molecule has 0 saturated carbocycles. The topological polar surface area (TPSA) is 42.9 Å². The fourth-order valence-electron chi connectivity index (χ4n) is 0.780. The van der Waals surface area contributed by atoms with Crippen molar-refractivity contribution in [1.82, 2.24) is 9.97 Å². The van der Waals surface area contributed by atoms with Gasteiger partial charge in [0.25, 0.3) is 0 Å². The number of nitrogens with zero attached hydrogens (tertiary/aromatic N) is 2.